The number of rotatable bonds is 8. The molecule has 0 saturated carbocycles. The van der Waals surface area contributed by atoms with Crippen LogP contribution in [0.4, 0.5) is 10.1 Å². The number of nitrogens with one attached hydrogen (secondary N) is 2. The number of anilines is 1. The van der Waals surface area contributed by atoms with Gasteiger partial charge in [0, 0.05) is 16.1 Å². The Balaban J connectivity index is 1.83. The number of amides is 1. The zero-order valence-corrected chi connectivity index (χ0v) is 17.4. The predicted octanol–water partition coefficient (Wildman–Crippen LogP) is 4.56. The van der Waals surface area contributed by atoms with Crippen LogP contribution < -0.4 is 10.0 Å². The minimum absolute atomic E-state index is 0.00838. The largest absolute Gasteiger partial charge is 0.340 e. The molecule has 3 rings (SSSR count). The van der Waals surface area contributed by atoms with E-state index in [0.717, 1.165) is 10.4 Å². The van der Waals surface area contributed by atoms with Crippen LogP contribution in [-0.4, -0.2) is 20.1 Å². The van der Waals surface area contributed by atoms with Crippen LogP contribution in [0.5, 0.6) is 0 Å². The Hall–Kier alpha value is -2.71. The summed E-state index contributed by atoms with van der Waals surface area (Å²) in [6.45, 7) is 1.78. The Bertz CT molecular complexity index is 1070. The van der Waals surface area contributed by atoms with Crippen LogP contribution in [0, 0.1) is 5.82 Å². The highest BCUT2D eigenvalue weighted by Crippen LogP contribution is 2.27. The summed E-state index contributed by atoms with van der Waals surface area (Å²) in [6, 6.07) is 15.6. The third-order valence-corrected chi connectivity index (χ3v) is 6.61. The van der Waals surface area contributed by atoms with Gasteiger partial charge < -0.3 is 5.32 Å². The lowest BCUT2D eigenvalue weighted by Crippen LogP contribution is -2.29. The first-order chi connectivity index (χ1) is 13.9. The third-order valence-electron chi connectivity index (χ3n) is 4.18. The van der Waals surface area contributed by atoms with Crippen LogP contribution in [0.3, 0.4) is 0 Å². The van der Waals surface area contributed by atoms with E-state index >= 15 is 0 Å². The molecular formula is C21H21FN2O3S2. The van der Waals surface area contributed by atoms with Gasteiger partial charge in [-0.25, -0.2) is 12.8 Å². The highest BCUT2D eigenvalue weighted by molar-refractivity contribution is 7.92. The second kappa shape index (κ2) is 9.19. The van der Waals surface area contributed by atoms with Gasteiger partial charge >= 0.3 is 0 Å². The second-order valence-electron chi connectivity index (χ2n) is 6.48. The van der Waals surface area contributed by atoms with Crippen LogP contribution in [0.1, 0.15) is 40.2 Å². The van der Waals surface area contributed by atoms with Crippen molar-refractivity contribution in [2.24, 2.45) is 0 Å². The minimum atomic E-state index is -3.45. The lowest BCUT2D eigenvalue weighted by Gasteiger charge is -2.18. The van der Waals surface area contributed by atoms with Crippen molar-refractivity contribution in [2.75, 3.05) is 10.5 Å². The highest BCUT2D eigenvalue weighted by Gasteiger charge is 2.19. The van der Waals surface area contributed by atoms with Crippen molar-refractivity contribution in [1.82, 2.24) is 5.32 Å². The summed E-state index contributed by atoms with van der Waals surface area (Å²) < 4.78 is 39.8. The summed E-state index contributed by atoms with van der Waals surface area (Å²) >= 11 is 1.48. The van der Waals surface area contributed by atoms with Gasteiger partial charge in [0.15, 0.2) is 0 Å². The molecule has 152 valence electrons. The van der Waals surface area contributed by atoms with E-state index in [9.17, 15) is 17.6 Å². The van der Waals surface area contributed by atoms with Crippen molar-refractivity contribution >= 4 is 33.0 Å². The Morgan fingerprint density at radius 3 is 2.52 bits per heavy atom. The normalized spacial score (nSPS) is 12.3. The maximum atomic E-state index is 13.3. The molecule has 1 amide bonds. The minimum Gasteiger partial charge on any atom is -0.340 e. The molecule has 0 aliphatic heterocycles. The van der Waals surface area contributed by atoms with E-state index in [-0.39, 0.29) is 17.5 Å². The summed E-state index contributed by atoms with van der Waals surface area (Å²) in [5, 5.41) is 4.86. The molecule has 8 heteroatoms. The predicted molar refractivity (Wildman–Crippen MR) is 114 cm³/mol. The summed E-state index contributed by atoms with van der Waals surface area (Å²) in [5.41, 5.74) is 1.41. The molecule has 1 atom stereocenters. The zero-order chi connectivity index (χ0) is 20.9. The van der Waals surface area contributed by atoms with E-state index in [1.54, 1.807) is 37.3 Å². The van der Waals surface area contributed by atoms with Crippen molar-refractivity contribution in [3.63, 3.8) is 0 Å². The fourth-order valence-corrected chi connectivity index (χ4v) is 4.80. The topological polar surface area (TPSA) is 75.3 Å². The Morgan fingerprint density at radius 2 is 1.86 bits per heavy atom. The Labute approximate surface area is 173 Å². The molecule has 0 aliphatic carbocycles. The van der Waals surface area contributed by atoms with Crippen molar-refractivity contribution in [1.29, 1.82) is 0 Å². The summed E-state index contributed by atoms with van der Waals surface area (Å²) in [5.74, 6) is -0.699. The van der Waals surface area contributed by atoms with E-state index < -0.39 is 16.1 Å². The first-order valence-electron chi connectivity index (χ1n) is 9.08. The number of carbonyl (C=O) groups is 1. The average Bonchev–Trinajstić information content (AvgIpc) is 3.21. The van der Waals surface area contributed by atoms with Gasteiger partial charge in [0.05, 0.1) is 11.8 Å². The fraction of sp³-hybridized carbons (Fsp3) is 0.190. The molecule has 2 aromatic carbocycles. The number of carbonyl (C=O) groups excluding carboxylic acids is 1. The number of thiophene rings is 1. The lowest BCUT2D eigenvalue weighted by atomic mass is 10.0. The molecule has 0 unspecified atom stereocenters. The zero-order valence-electron chi connectivity index (χ0n) is 15.8. The molecule has 0 bridgehead atoms. The summed E-state index contributed by atoms with van der Waals surface area (Å²) in [7, 11) is -3.45. The van der Waals surface area contributed by atoms with Crippen molar-refractivity contribution in [3.05, 3.63) is 87.9 Å². The van der Waals surface area contributed by atoms with Crippen LogP contribution in [-0.2, 0) is 10.0 Å². The summed E-state index contributed by atoms with van der Waals surface area (Å²) in [6.07, 6.45) is 0.496. The molecule has 0 spiro atoms. The van der Waals surface area contributed by atoms with Gasteiger partial charge in [-0.05, 0) is 53.8 Å². The lowest BCUT2D eigenvalue weighted by molar-refractivity contribution is 0.0943. The molecule has 0 fully saturated rings. The van der Waals surface area contributed by atoms with Gasteiger partial charge in [-0.1, -0.05) is 31.2 Å². The van der Waals surface area contributed by atoms with Gasteiger partial charge in [-0.3, -0.25) is 9.52 Å². The molecule has 0 aliphatic rings. The van der Waals surface area contributed by atoms with E-state index in [2.05, 4.69) is 10.0 Å². The second-order valence-corrected chi connectivity index (χ2v) is 9.30. The Kier molecular flexibility index (Phi) is 6.66. The highest BCUT2D eigenvalue weighted by atomic mass is 32.2. The third kappa shape index (κ3) is 5.65. The molecule has 3 aromatic rings. The molecule has 29 heavy (non-hydrogen) atoms. The maximum absolute atomic E-state index is 13.3. The maximum Gasteiger partial charge on any atom is 0.252 e. The number of halogens is 1. The number of hydrogen-bond donors (Lipinski definition) is 2. The van der Waals surface area contributed by atoms with E-state index in [1.807, 2.05) is 17.5 Å². The van der Waals surface area contributed by atoms with Gasteiger partial charge in [0.25, 0.3) is 5.91 Å². The van der Waals surface area contributed by atoms with Gasteiger partial charge in [0.2, 0.25) is 10.0 Å². The number of hydrogen-bond acceptors (Lipinski definition) is 4. The standard InChI is InChI=1S/C21H21FN2O3S2/c1-2-13-29(26,27)24-18-6-3-5-16(14-18)21(25)23-20(19-7-4-12-28-19)15-8-10-17(22)11-9-15/h3-12,14,20,24H,2,13H2,1H3,(H,23,25)/t20-/m0/s1. The molecular weight excluding hydrogens is 411 g/mol. The molecule has 1 heterocycles. The van der Waals surface area contributed by atoms with Crippen LogP contribution in [0.25, 0.3) is 0 Å². The number of sulfonamides is 1. The molecule has 1 aromatic heterocycles. The van der Waals surface area contributed by atoms with Crippen LogP contribution in [0.2, 0.25) is 0 Å². The Morgan fingerprint density at radius 1 is 1.10 bits per heavy atom. The van der Waals surface area contributed by atoms with Crippen molar-refractivity contribution in [2.45, 2.75) is 19.4 Å². The first kappa shape index (κ1) is 21.0. The number of benzene rings is 2. The van der Waals surface area contributed by atoms with Crippen LogP contribution in [0.15, 0.2) is 66.0 Å². The van der Waals surface area contributed by atoms with Crippen molar-refractivity contribution < 1.29 is 17.6 Å². The quantitative estimate of drug-likeness (QED) is 0.548. The summed E-state index contributed by atoms with van der Waals surface area (Å²) in [4.78, 5) is 13.8. The fourth-order valence-electron chi connectivity index (χ4n) is 2.87. The van der Waals surface area contributed by atoms with E-state index in [4.69, 9.17) is 0 Å². The van der Waals surface area contributed by atoms with Gasteiger partial charge in [0.1, 0.15) is 5.82 Å². The van der Waals surface area contributed by atoms with Crippen molar-refractivity contribution in [3.8, 4) is 0 Å². The first-order valence-corrected chi connectivity index (χ1v) is 11.6. The monoisotopic (exact) mass is 432 g/mol. The van der Waals surface area contributed by atoms with Gasteiger partial charge in [-0.15, -0.1) is 11.3 Å². The van der Waals surface area contributed by atoms with E-state index in [0.29, 0.717) is 17.7 Å². The SMILES string of the molecule is CCCS(=O)(=O)Nc1cccc(C(=O)N[C@@H](c2ccc(F)cc2)c2cccs2)c1. The molecule has 0 radical (unpaired) electrons. The molecule has 5 nitrogen and oxygen atoms in total. The smallest absolute Gasteiger partial charge is 0.252 e. The van der Waals surface area contributed by atoms with Crippen LogP contribution >= 0.6 is 11.3 Å². The molecule has 2 N–H and O–H groups in total. The van der Waals surface area contributed by atoms with E-state index in [1.165, 1.54) is 29.5 Å². The molecule has 0 saturated heterocycles. The average molecular weight is 433 g/mol. The van der Waals surface area contributed by atoms with Gasteiger partial charge in [-0.2, -0.15) is 0 Å².